The predicted molar refractivity (Wildman–Crippen MR) is 115 cm³/mol. The molecule has 0 aromatic heterocycles. The highest BCUT2D eigenvalue weighted by Gasteiger charge is 2.35. The molecule has 0 radical (unpaired) electrons. The van der Waals surface area contributed by atoms with Gasteiger partial charge in [-0.05, 0) is 24.5 Å². The van der Waals surface area contributed by atoms with Crippen molar-refractivity contribution in [2.45, 2.75) is 70.5 Å². The van der Waals surface area contributed by atoms with Crippen molar-refractivity contribution in [2.75, 3.05) is 14.2 Å². The van der Waals surface area contributed by atoms with Crippen LogP contribution >= 0.6 is 0 Å². The highest BCUT2D eigenvalue weighted by atomic mass is 19.1. The molecule has 0 heterocycles. The number of hydrogen-bond donors (Lipinski definition) is 0. The first-order valence-electron chi connectivity index (χ1n) is 10.7. The monoisotopic (exact) mass is 422 g/mol. The van der Waals surface area contributed by atoms with Crippen molar-refractivity contribution < 1.29 is 22.6 Å². The van der Waals surface area contributed by atoms with E-state index in [1.165, 1.54) is 25.7 Å². The van der Waals surface area contributed by atoms with E-state index in [-0.39, 0.29) is 11.5 Å². The van der Waals surface area contributed by atoms with E-state index in [1.807, 2.05) is 19.1 Å². The molecule has 5 heteroatoms. The van der Waals surface area contributed by atoms with Crippen LogP contribution in [0.1, 0.15) is 70.3 Å². The molecular formula is C25H33F3O2. The number of hydrogen-bond acceptors (Lipinski definition) is 2. The van der Waals surface area contributed by atoms with Gasteiger partial charge in [0.1, 0.15) is 17.5 Å². The lowest BCUT2D eigenvalue weighted by molar-refractivity contribution is -0.210. The third kappa shape index (κ3) is 6.08. The molecule has 1 atom stereocenters. The molecule has 166 valence electrons. The van der Waals surface area contributed by atoms with Crippen LogP contribution in [0.2, 0.25) is 0 Å². The summed E-state index contributed by atoms with van der Waals surface area (Å²) in [6, 6.07) is 8.40. The number of benzene rings is 2. The van der Waals surface area contributed by atoms with Crippen LogP contribution in [0.4, 0.5) is 13.2 Å². The number of halogens is 3. The van der Waals surface area contributed by atoms with Gasteiger partial charge in [0, 0.05) is 32.3 Å². The Labute approximate surface area is 178 Å². The maximum absolute atomic E-state index is 14.1. The van der Waals surface area contributed by atoms with Crippen molar-refractivity contribution in [3.63, 3.8) is 0 Å². The van der Waals surface area contributed by atoms with Gasteiger partial charge >= 0.3 is 0 Å². The van der Waals surface area contributed by atoms with Gasteiger partial charge in [0.25, 0.3) is 0 Å². The molecule has 0 aliphatic rings. The molecule has 2 rings (SSSR count). The Balaban J connectivity index is 2.22. The highest BCUT2D eigenvalue weighted by molar-refractivity contribution is 5.65. The van der Waals surface area contributed by atoms with Crippen molar-refractivity contribution in [2.24, 2.45) is 0 Å². The van der Waals surface area contributed by atoms with E-state index in [9.17, 15) is 13.2 Å². The third-order valence-corrected chi connectivity index (χ3v) is 5.90. The van der Waals surface area contributed by atoms with E-state index < -0.39 is 23.2 Å². The second-order valence-corrected chi connectivity index (χ2v) is 7.90. The zero-order valence-corrected chi connectivity index (χ0v) is 18.4. The molecule has 0 saturated carbocycles. The molecule has 2 aromatic carbocycles. The van der Waals surface area contributed by atoms with Gasteiger partial charge in [-0.3, -0.25) is 0 Å². The van der Waals surface area contributed by atoms with E-state index in [2.05, 4.69) is 6.92 Å². The number of ether oxygens (including phenoxy) is 2. The van der Waals surface area contributed by atoms with Gasteiger partial charge in [-0.15, -0.1) is 0 Å². The molecule has 1 unspecified atom stereocenters. The highest BCUT2D eigenvalue weighted by Crippen LogP contribution is 2.37. The topological polar surface area (TPSA) is 18.5 Å². The first kappa shape index (κ1) is 24.4. The molecule has 0 aliphatic heterocycles. The molecule has 0 spiro atoms. The van der Waals surface area contributed by atoms with Crippen LogP contribution in [0.15, 0.2) is 36.4 Å². The van der Waals surface area contributed by atoms with E-state index in [0.29, 0.717) is 17.7 Å². The first-order valence-corrected chi connectivity index (χ1v) is 10.7. The fraction of sp³-hybridized carbons (Fsp3) is 0.520. The fourth-order valence-electron chi connectivity index (χ4n) is 3.93. The minimum absolute atomic E-state index is 0.0318. The summed E-state index contributed by atoms with van der Waals surface area (Å²) < 4.78 is 52.8. The fourth-order valence-corrected chi connectivity index (χ4v) is 3.93. The van der Waals surface area contributed by atoms with Crippen LogP contribution in [0.3, 0.4) is 0 Å². The van der Waals surface area contributed by atoms with Crippen LogP contribution < -0.4 is 0 Å². The number of methoxy groups -OCH3 is 2. The summed E-state index contributed by atoms with van der Waals surface area (Å²) in [5.74, 6) is -3.60. The molecular weight excluding hydrogens is 389 g/mol. The summed E-state index contributed by atoms with van der Waals surface area (Å²) in [5, 5.41) is 0. The quantitative estimate of drug-likeness (QED) is 0.259. The van der Waals surface area contributed by atoms with Gasteiger partial charge in [-0.2, -0.15) is 0 Å². The predicted octanol–water partition coefficient (Wildman–Crippen LogP) is 7.61. The van der Waals surface area contributed by atoms with E-state index in [0.717, 1.165) is 24.8 Å². The molecule has 0 fully saturated rings. The van der Waals surface area contributed by atoms with E-state index in [4.69, 9.17) is 9.47 Å². The Morgan fingerprint density at radius 1 is 0.833 bits per heavy atom. The number of rotatable bonds is 12. The summed E-state index contributed by atoms with van der Waals surface area (Å²) in [6.07, 6.45) is 7.99. The Bertz CT molecular complexity index is 762. The summed E-state index contributed by atoms with van der Waals surface area (Å²) in [7, 11) is 3.24. The molecule has 0 aliphatic carbocycles. The van der Waals surface area contributed by atoms with Crippen LogP contribution in [0, 0.1) is 17.5 Å². The summed E-state index contributed by atoms with van der Waals surface area (Å²) in [5.41, 5.74) is 1.11. The average molecular weight is 423 g/mol. The van der Waals surface area contributed by atoms with Gasteiger partial charge < -0.3 is 9.47 Å². The maximum atomic E-state index is 14.1. The molecule has 0 bridgehead atoms. The molecule has 0 amide bonds. The number of unbranched alkanes of at least 4 members (excludes halogenated alkanes) is 5. The molecule has 0 saturated heterocycles. The summed E-state index contributed by atoms with van der Waals surface area (Å²) >= 11 is 0. The Morgan fingerprint density at radius 3 is 1.90 bits per heavy atom. The van der Waals surface area contributed by atoms with Gasteiger partial charge in [-0.25, -0.2) is 13.2 Å². The second kappa shape index (κ2) is 11.5. The lowest BCUT2D eigenvalue weighted by atomic mass is 9.85. The maximum Gasteiger partial charge on any atom is 0.171 e. The Morgan fingerprint density at radius 2 is 1.37 bits per heavy atom. The molecule has 2 aromatic rings. The second-order valence-electron chi connectivity index (χ2n) is 7.90. The SMILES string of the molecule is CCCCCCCCC(c1ccc(-c2c(F)cc(F)cc2F)cc1)C(C)(OC)OC. The van der Waals surface area contributed by atoms with Crippen molar-refractivity contribution >= 4 is 0 Å². The zero-order valence-electron chi connectivity index (χ0n) is 18.4. The van der Waals surface area contributed by atoms with Crippen molar-refractivity contribution in [3.05, 3.63) is 59.4 Å². The van der Waals surface area contributed by atoms with Gasteiger partial charge in [-0.1, -0.05) is 69.7 Å². The molecule has 2 nitrogen and oxygen atoms in total. The molecule has 30 heavy (non-hydrogen) atoms. The van der Waals surface area contributed by atoms with Gasteiger partial charge in [0.05, 0.1) is 5.56 Å². The average Bonchev–Trinajstić information content (AvgIpc) is 2.73. The standard InChI is InChI=1S/C25H33F3O2/c1-5-6-7-8-9-10-11-21(25(2,29-3)30-4)18-12-14-19(15-13-18)24-22(27)16-20(26)17-23(24)28/h12-17,21H,5-11H2,1-4H3. The minimum atomic E-state index is -0.930. The van der Waals surface area contributed by atoms with Gasteiger partial charge in [0.2, 0.25) is 0 Å². The van der Waals surface area contributed by atoms with Crippen molar-refractivity contribution in [1.82, 2.24) is 0 Å². The zero-order chi connectivity index (χ0) is 22.1. The Hall–Kier alpha value is -1.85. The van der Waals surface area contributed by atoms with Crippen LogP contribution in [-0.4, -0.2) is 20.0 Å². The third-order valence-electron chi connectivity index (χ3n) is 5.90. The smallest absolute Gasteiger partial charge is 0.171 e. The van der Waals surface area contributed by atoms with E-state index in [1.54, 1.807) is 26.4 Å². The van der Waals surface area contributed by atoms with Crippen LogP contribution in [-0.2, 0) is 9.47 Å². The Kier molecular flexibility index (Phi) is 9.37. The lowest BCUT2D eigenvalue weighted by Gasteiger charge is -2.35. The normalized spacial score (nSPS) is 12.9. The van der Waals surface area contributed by atoms with Crippen molar-refractivity contribution in [1.29, 1.82) is 0 Å². The largest absolute Gasteiger partial charge is 0.353 e. The van der Waals surface area contributed by atoms with Crippen molar-refractivity contribution in [3.8, 4) is 11.1 Å². The first-order chi connectivity index (χ1) is 14.4. The van der Waals surface area contributed by atoms with Gasteiger partial charge in [0.15, 0.2) is 5.79 Å². The van der Waals surface area contributed by atoms with Crippen LogP contribution in [0.25, 0.3) is 11.1 Å². The summed E-state index contributed by atoms with van der Waals surface area (Å²) in [4.78, 5) is 0. The summed E-state index contributed by atoms with van der Waals surface area (Å²) in [6.45, 7) is 4.11. The molecule has 0 N–H and O–H groups in total. The van der Waals surface area contributed by atoms with E-state index >= 15 is 0 Å². The lowest BCUT2D eigenvalue weighted by Crippen LogP contribution is -2.37. The minimum Gasteiger partial charge on any atom is -0.353 e. The van der Waals surface area contributed by atoms with Crippen LogP contribution in [0.5, 0.6) is 0 Å².